The predicted molar refractivity (Wildman–Crippen MR) is 57.5 cm³/mol. The first kappa shape index (κ1) is 20.8. The van der Waals surface area contributed by atoms with Gasteiger partial charge in [0.1, 0.15) is 0 Å². The second-order valence-corrected chi connectivity index (χ2v) is 3.96. The summed E-state index contributed by atoms with van der Waals surface area (Å²) in [6, 6.07) is 0. The van der Waals surface area contributed by atoms with E-state index in [-0.39, 0.29) is 18.9 Å². The maximum absolute atomic E-state index is 8.74. The summed E-state index contributed by atoms with van der Waals surface area (Å²) in [5.41, 5.74) is 0. The summed E-state index contributed by atoms with van der Waals surface area (Å²) in [6.45, 7) is 6.05. The van der Waals surface area contributed by atoms with Gasteiger partial charge in [-0.3, -0.25) is 9.11 Å². The van der Waals surface area contributed by atoms with E-state index in [4.69, 9.17) is 17.5 Å². The summed E-state index contributed by atoms with van der Waals surface area (Å²) in [5, 5.41) is 0. The second kappa shape index (κ2) is 14.5. The molecule has 0 atom stereocenters. The van der Waals surface area contributed by atoms with Crippen molar-refractivity contribution in [2.75, 3.05) is 0 Å². The van der Waals surface area contributed by atoms with Crippen LogP contribution in [0.25, 0.3) is 0 Å². The van der Waals surface area contributed by atoms with Gasteiger partial charge < -0.3 is 6.92 Å². The van der Waals surface area contributed by atoms with E-state index in [0.717, 1.165) is 6.42 Å². The van der Waals surface area contributed by atoms with Crippen molar-refractivity contribution in [3.63, 3.8) is 0 Å². The van der Waals surface area contributed by atoms with Crippen molar-refractivity contribution in [1.29, 1.82) is 0 Å². The summed E-state index contributed by atoms with van der Waals surface area (Å²) >= 11 is 0. The largest absolute Gasteiger partial charge is 1.00 e. The molecule has 0 saturated carbocycles. The van der Waals surface area contributed by atoms with E-state index in [2.05, 4.69) is 13.8 Å². The van der Waals surface area contributed by atoms with E-state index in [1.807, 2.05) is 0 Å². The molecule has 0 saturated heterocycles. The molecular weight excluding hydrogens is 211 g/mol. The zero-order chi connectivity index (χ0) is 11.4. The molecule has 0 aliphatic carbocycles. The third kappa shape index (κ3) is 53.8. The SMILES string of the molecule is O=S(=O)(O)O.[CH2-]CCCCCCCC.[Li+]. The Hall–Kier alpha value is 0.467. The molecular formula is C9H21LiO4S. The summed E-state index contributed by atoms with van der Waals surface area (Å²) in [4.78, 5) is 0. The number of rotatable bonds is 6. The Morgan fingerprint density at radius 1 is 1.00 bits per heavy atom. The molecule has 4 nitrogen and oxygen atoms in total. The van der Waals surface area contributed by atoms with Gasteiger partial charge in [-0.2, -0.15) is 14.8 Å². The molecule has 0 amide bonds. The Labute approximate surface area is 106 Å². The summed E-state index contributed by atoms with van der Waals surface area (Å²) in [5.74, 6) is 0. The van der Waals surface area contributed by atoms with Crippen LogP contribution in [0.3, 0.4) is 0 Å². The molecule has 0 aromatic heterocycles. The van der Waals surface area contributed by atoms with Crippen LogP contribution in [0.2, 0.25) is 0 Å². The Bertz CT molecular complexity index is 178. The normalized spacial score (nSPS) is 9.87. The zero-order valence-corrected chi connectivity index (χ0v) is 10.6. The third-order valence-corrected chi connectivity index (χ3v) is 1.60. The van der Waals surface area contributed by atoms with Crippen LogP contribution in [-0.4, -0.2) is 17.5 Å². The summed E-state index contributed by atoms with van der Waals surface area (Å²) in [6.07, 6.45) is 9.45. The minimum absolute atomic E-state index is 0. The average molecular weight is 232 g/mol. The van der Waals surface area contributed by atoms with E-state index >= 15 is 0 Å². The summed E-state index contributed by atoms with van der Waals surface area (Å²) < 4.78 is 31.6. The molecule has 0 aliphatic rings. The van der Waals surface area contributed by atoms with E-state index in [0.29, 0.717) is 0 Å². The molecule has 0 aliphatic heterocycles. The fourth-order valence-electron chi connectivity index (χ4n) is 0.957. The minimum atomic E-state index is -4.67. The van der Waals surface area contributed by atoms with Gasteiger partial charge in [0.2, 0.25) is 0 Å². The van der Waals surface area contributed by atoms with Gasteiger partial charge in [0.25, 0.3) is 0 Å². The topological polar surface area (TPSA) is 74.6 Å². The van der Waals surface area contributed by atoms with Crippen LogP contribution in [0.1, 0.15) is 51.9 Å². The Morgan fingerprint density at radius 2 is 1.33 bits per heavy atom. The monoisotopic (exact) mass is 232 g/mol. The first-order valence-electron chi connectivity index (χ1n) is 4.91. The molecule has 15 heavy (non-hydrogen) atoms. The van der Waals surface area contributed by atoms with Crippen LogP contribution >= 0.6 is 0 Å². The van der Waals surface area contributed by atoms with E-state index in [1.165, 1.54) is 38.5 Å². The molecule has 2 N–H and O–H groups in total. The molecule has 0 unspecified atom stereocenters. The molecule has 0 radical (unpaired) electrons. The average Bonchev–Trinajstić information content (AvgIpc) is 2.01. The quantitative estimate of drug-likeness (QED) is 0.291. The molecule has 88 valence electrons. The second-order valence-electron chi connectivity index (χ2n) is 3.07. The van der Waals surface area contributed by atoms with E-state index < -0.39 is 10.4 Å². The van der Waals surface area contributed by atoms with Crippen molar-refractivity contribution < 1.29 is 36.4 Å². The van der Waals surface area contributed by atoms with Crippen molar-refractivity contribution >= 4 is 10.4 Å². The van der Waals surface area contributed by atoms with Crippen molar-refractivity contribution in [3.8, 4) is 0 Å². The molecule has 0 aromatic carbocycles. The van der Waals surface area contributed by atoms with E-state index in [9.17, 15) is 0 Å². The van der Waals surface area contributed by atoms with Crippen LogP contribution in [0.4, 0.5) is 0 Å². The van der Waals surface area contributed by atoms with Crippen molar-refractivity contribution in [2.45, 2.75) is 51.9 Å². The molecule has 0 aromatic rings. The van der Waals surface area contributed by atoms with Gasteiger partial charge in [-0.1, -0.05) is 45.4 Å². The zero-order valence-electron chi connectivity index (χ0n) is 9.78. The van der Waals surface area contributed by atoms with Gasteiger partial charge in [-0.05, 0) is 0 Å². The maximum Gasteiger partial charge on any atom is 1.00 e. The van der Waals surface area contributed by atoms with Crippen LogP contribution < -0.4 is 18.9 Å². The van der Waals surface area contributed by atoms with Crippen LogP contribution in [0, 0.1) is 6.92 Å². The van der Waals surface area contributed by atoms with Gasteiger partial charge >= 0.3 is 29.3 Å². The molecule has 0 bridgehead atoms. The molecule has 0 rings (SSSR count). The van der Waals surface area contributed by atoms with Gasteiger partial charge in [0.15, 0.2) is 0 Å². The standard InChI is InChI=1S/C9H19.Li.H2O4S/c1-3-5-7-9-8-6-4-2;;1-5(2,3)4/h1,3-9H2,2H3;;(H2,1,2,3,4)/q-1;+1;. The Kier molecular flexibility index (Phi) is 20.1. The Balaban J connectivity index is -0.000000208. The van der Waals surface area contributed by atoms with Gasteiger partial charge in [0, 0.05) is 0 Å². The molecule has 0 heterocycles. The van der Waals surface area contributed by atoms with Crippen LogP contribution in [-0.2, 0) is 10.4 Å². The maximum atomic E-state index is 8.74. The van der Waals surface area contributed by atoms with Crippen LogP contribution in [0.5, 0.6) is 0 Å². The predicted octanol–water partition coefficient (Wildman–Crippen LogP) is -0.0777. The van der Waals surface area contributed by atoms with Gasteiger partial charge in [-0.15, -0.1) is 0 Å². The number of hydrogen-bond acceptors (Lipinski definition) is 2. The first-order chi connectivity index (χ1) is 6.41. The minimum Gasteiger partial charge on any atom is -0.343 e. The fourth-order valence-corrected chi connectivity index (χ4v) is 0.957. The molecule has 6 heteroatoms. The van der Waals surface area contributed by atoms with E-state index in [1.54, 1.807) is 0 Å². The van der Waals surface area contributed by atoms with Crippen molar-refractivity contribution in [3.05, 3.63) is 6.92 Å². The number of hydrogen-bond donors (Lipinski definition) is 2. The molecule has 0 spiro atoms. The first-order valence-corrected chi connectivity index (χ1v) is 6.30. The van der Waals surface area contributed by atoms with Gasteiger partial charge in [0.05, 0.1) is 0 Å². The Morgan fingerprint density at radius 3 is 1.67 bits per heavy atom. The van der Waals surface area contributed by atoms with Crippen LogP contribution in [0.15, 0.2) is 0 Å². The molecule has 0 fully saturated rings. The number of unbranched alkanes of at least 4 members (excludes halogenated alkanes) is 6. The van der Waals surface area contributed by atoms with Crippen molar-refractivity contribution in [1.82, 2.24) is 0 Å². The fraction of sp³-hybridized carbons (Fsp3) is 0.889. The van der Waals surface area contributed by atoms with Gasteiger partial charge in [-0.25, -0.2) is 0 Å². The summed E-state index contributed by atoms with van der Waals surface area (Å²) in [7, 11) is -4.67. The van der Waals surface area contributed by atoms with Crippen molar-refractivity contribution in [2.24, 2.45) is 0 Å². The smallest absolute Gasteiger partial charge is 0.343 e. The third-order valence-electron chi connectivity index (χ3n) is 1.60.